The number of carbonyl (C=O) groups is 1. The third kappa shape index (κ3) is 8.07. The second kappa shape index (κ2) is 12.7. The van der Waals surface area contributed by atoms with Crippen LogP contribution >= 0.6 is 0 Å². The van der Waals surface area contributed by atoms with Crippen LogP contribution in [0.3, 0.4) is 0 Å². The lowest BCUT2D eigenvalue weighted by atomic mass is 10.0. The van der Waals surface area contributed by atoms with Crippen molar-refractivity contribution in [1.29, 1.82) is 5.26 Å². The molecule has 2 aromatic carbocycles. The van der Waals surface area contributed by atoms with E-state index >= 15 is 0 Å². The summed E-state index contributed by atoms with van der Waals surface area (Å²) >= 11 is 0. The minimum atomic E-state index is -0.472. The molecule has 0 bridgehead atoms. The molecule has 0 spiro atoms. The van der Waals surface area contributed by atoms with Crippen molar-refractivity contribution in [3.63, 3.8) is 0 Å². The van der Waals surface area contributed by atoms with Crippen LogP contribution in [0.2, 0.25) is 0 Å². The molecule has 7 heteroatoms. The Balaban J connectivity index is 1.76. The maximum Gasteiger partial charge on any atom is 0.333 e. The van der Waals surface area contributed by atoms with Crippen molar-refractivity contribution >= 4 is 23.3 Å². The van der Waals surface area contributed by atoms with E-state index in [1.807, 2.05) is 24.3 Å². The highest BCUT2D eigenvalue weighted by Crippen LogP contribution is 2.22. The van der Waals surface area contributed by atoms with Gasteiger partial charge in [-0.3, -0.25) is 10.1 Å². The van der Waals surface area contributed by atoms with Crippen LogP contribution in [0.4, 0.5) is 5.69 Å². The number of nitrogens with zero attached hydrogens (tertiary/aromatic N) is 2. The van der Waals surface area contributed by atoms with Crippen LogP contribution in [-0.4, -0.2) is 24.1 Å². The number of non-ortho nitro benzene ring substituents is 1. The lowest BCUT2D eigenvalue weighted by molar-refractivity contribution is -0.384. The molecule has 0 amide bonds. The highest BCUT2D eigenvalue weighted by molar-refractivity contribution is 5.89. The molecule has 0 N–H and O–H groups in total. The predicted octanol–water partition coefficient (Wildman–Crippen LogP) is 5.72. The molecule has 0 fully saturated rings. The predicted molar refractivity (Wildman–Crippen MR) is 123 cm³/mol. The minimum Gasteiger partial charge on any atom is -0.494 e. The number of ether oxygens (including phenoxy) is 2. The van der Waals surface area contributed by atoms with Gasteiger partial charge in [0.05, 0.1) is 29.8 Å². The van der Waals surface area contributed by atoms with Crippen LogP contribution in [0.15, 0.2) is 60.7 Å². The number of nitro groups is 1. The van der Waals surface area contributed by atoms with Crippen LogP contribution in [0, 0.1) is 21.4 Å². The van der Waals surface area contributed by atoms with Gasteiger partial charge in [-0.2, -0.15) is 5.26 Å². The smallest absolute Gasteiger partial charge is 0.333 e. The Hall–Kier alpha value is -3.92. The number of unbranched alkanes of at least 4 members (excludes halogenated alkanes) is 3. The van der Waals surface area contributed by atoms with Gasteiger partial charge in [0.25, 0.3) is 5.69 Å². The van der Waals surface area contributed by atoms with E-state index in [0.717, 1.165) is 37.0 Å². The fourth-order valence-corrected chi connectivity index (χ4v) is 2.81. The molecule has 0 heterocycles. The standard InChI is InChI=1S/C25H26N2O5/c1-19(2)25(28)32-16-6-4-3-5-15-31-24-13-7-20(8-14-24)17-22(18-26)21-9-11-23(12-10-21)27(29)30/h7-14,17H,1,3-6,15-16H2,2H3/b22-17-. The number of rotatable bonds is 12. The number of nitriles is 1. The topological polar surface area (TPSA) is 102 Å². The van der Waals surface area contributed by atoms with Gasteiger partial charge in [-0.1, -0.05) is 18.7 Å². The summed E-state index contributed by atoms with van der Waals surface area (Å²) in [7, 11) is 0. The van der Waals surface area contributed by atoms with E-state index in [9.17, 15) is 20.2 Å². The molecule has 2 aromatic rings. The number of hydrogen-bond acceptors (Lipinski definition) is 6. The summed E-state index contributed by atoms with van der Waals surface area (Å²) in [5, 5.41) is 20.2. The molecule has 0 aliphatic carbocycles. The molecule has 0 aromatic heterocycles. The largest absolute Gasteiger partial charge is 0.494 e. The average molecular weight is 434 g/mol. The van der Waals surface area contributed by atoms with Crippen LogP contribution in [-0.2, 0) is 9.53 Å². The number of allylic oxidation sites excluding steroid dienone is 1. The van der Waals surface area contributed by atoms with E-state index in [1.54, 1.807) is 25.1 Å². The zero-order valence-corrected chi connectivity index (χ0v) is 18.1. The van der Waals surface area contributed by atoms with Gasteiger partial charge in [-0.25, -0.2) is 4.79 Å². The third-order valence-electron chi connectivity index (χ3n) is 4.59. The fourth-order valence-electron chi connectivity index (χ4n) is 2.81. The Kier molecular flexibility index (Phi) is 9.67. The quantitative estimate of drug-likeness (QED) is 0.0805. The first kappa shape index (κ1) is 24.4. The van der Waals surface area contributed by atoms with Crippen molar-refractivity contribution in [2.45, 2.75) is 32.6 Å². The number of benzene rings is 2. The maximum absolute atomic E-state index is 11.3. The van der Waals surface area contributed by atoms with Gasteiger partial charge < -0.3 is 9.47 Å². The molecule has 166 valence electrons. The monoisotopic (exact) mass is 434 g/mol. The molecule has 0 unspecified atom stereocenters. The lowest BCUT2D eigenvalue weighted by Gasteiger charge is -2.07. The van der Waals surface area contributed by atoms with Gasteiger partial charge in [0.2, 0.25) is 0 Å². The summed E-state index contributed by atoms with van der Waals surface area (Å²) in [5.41, 5.74) is 2.26. The minimum absolute atomic E-state index is 0.0150. The normalized spacial score (nSPS) is 10.8. The summed E-state index contributed by atoms with van der Waals surface area (Å²) in [6, 6.07) is 15.4. The van der Waals surface area contributed by atoms with Crippen molar-refractivity contribution in [3.05, 3.63) is 81.9 Å². The van der Waals surface area contributed by atoms with Gasteiger partial charge in [0.15, 0.2) is 0 Å². The summed E-state index contributed by atoms with van der Waals surface area (Å²) in [5.74, 6) is 0.396. The van der Waals surface area contributed by atoms with Crippen LogP contribution in [0.5, 0.6) is 5.75 Å². The second-order valence-corrected chi connectivity index (χ2v) is 7.22. The molecule has 32 heavy (non-hydrogen) atoms. The van der Waals surface area contributed by atoms with Crippen molar-refractivity contribution in [3.8, 4) is 11.8 Å². The highest BCUT2D eigenvalue weighted by Gasteiger charge is 2.07. The van der Waals surface area contributed by atoms with Crippen LogP contribution in [0.25, 0.3) is 11.6 Å². The number of esters is 1. The SMILES string of the molecule is C=C(C)C(=O)OCCCCCCOc1ccc(/C=C(/C#N)c2ccc([N+](=O)[O-])cc2)cc1. The fraction of sp³-hybridized carbons (Fsp3) is 0.280. The Morgan fingerprint density at radius 2 is 1.69 bits per heavy atom. The van der Waals surface area contributed by atoms with E-state index in [1.165, 1.54) is 12.1 Å². The lowest BCUT2D eigenvalue weighted by Crippen LogP contribution is -2.06. The molecule has 0 aliphatic heterocycles. The average Bonchev–Trinajstić information content (AvgIpc) is 2.79. The number of hydrogen-bond donors (Lipinski definition) is 0. The Bertz CT molecular complexity index is 1000. The van der Waals surface area contributed by atoms with Crippen LogP contribution < -0.4 is 4.74 Å². The van der Waals surface area contributed by atoms with Crippen LogP contribution in [0.1, 0.15) is 43.7 Å². The van der Waals surface area contributed by atoms with E-state index in [4.69, 9.17) is 9.47 Å². The number of carbonyl (C=O) groups excluding carboxylic acids is 1. The molecule has 0 saturated carbocycles. The molecule has 0 atom stereocenters. The first-order chi connectivity index (χ1) is 15.4. The molecular weight excluding hydrogens is 408 g/mol. The van der Waals surface area contributed by atoms with E-state index in [0.29, 0.717) is 29.9 Å². The van der Waals surface area contributed by atoms with Gasteiger partial charge in [0, 0.05) is 17.7 Å². The second-order valence-electron chi connectivity index (χ2n) is 7.22. The molecule has 2 rings (SSSR count). The van der Waals surface area contributed by atoms with Gasteiger partial charge >= 0.3 is 5.97 Å². The van der Waals surface area contributed by atoms with Crippen molar-refractivity contribution in [2.24, 2.45) is 0 Å². The summed E-state index contributed by atoms with van der Waals surface area (Å²) in [4.78, 5) is 21.6. The van der Waals surface area contributed by atoms with E-state index < -0.39 is 4.92 Å². The Morgan fingerprint density at radius 1 is 1.06 bits per heavy atom. The Labute approximate surface area is 187 Å². The summed E-state index contributed by atoms with van der Waals surface area (Å²) in [6.07, 6.45) is 5.37. The molecule has 7 nitrogen and oxygen atoms in total. The zero-order chi connectivity index (χ0) is 23.3. The summed E-state index contributed by atoms with van der Waals surface area (Å²) in [6.45, 7) is 6.17. The van der Waals surface area contributed by atoms with Gasteiger partial charge in [0.1, 0.15) is 5.75 Å². The van der Waals surface area contributed by atoms with Crippen molar-refractivity contribution in [1.82, 2.24) is 0 Å². The number of nitro benzene ring substituents is 1. The van der Waals surface area contributed by atoms with Crippen molar-refractivity contribution in [2.75, 3.05) is 13.2 Å². The molecule has 0 aliphatic rings. The van der Waals surface area contributed by atoms with E-state index in [-0.39, 0.29) is 11.7 Å². The van der Waals surface area contributed by atoms with Gasteiger partial charge in [-0.15, -0.1) is 0 Å². The Morgan fingerprint density at radius 3 is 2.25 bits per heavy atom. The molecule has 0 radical (unpaired) electrons. The highest BCUT2D eigenvalue weighted by atomic mass is 16.6. The first-order valence-corrected chi connectivity index (χ1v) is 10.3. The molecule has 0 saturated heterocycles. The third-order valence-corrected chi connectivity index (χ3v) is 4.59. The molecular formula is C25H26N2O5. The van der Waals surface area contributed by atoms with E-state index in [2.05, 4.69) is 12.6 Å². The summed E-state index contributed by atoms with van der Waals surface area (Å²) < 4.78 is 10.8. The maximum atomic E-state index is 11.3. The zero-order valence-electron chi connectivity index (χ0n) is 18.1. The van der Waals surface area contributed by atoms with Gasteiger partial charge in [-0.05, 0) is 74.1 Å². The van der Waals surface area contributed by atoms with Crippen molar-refractivity contribution < 1.29 is 19.2 Å². The first-order valence-electron chi connectivity index (χ1n) is 10.3.